The molecular weight excluding hydrogens is 258 g/mol. The number of rotatable bonds is 4. The van der Waals surface area contributed by atoms with Gasteiger partial charge >= 0.3 is 0 Å². The smallest absolute Gasteiger partial charge is 0.123 e. The van der Waals surface area contributed by atoms with Crippen LogP contribution in [0.3, 0.4) is 0 Å². The summed E-state index contributed by atoms with van der Waals surface area (Å²) in [6.45, 7) is 6.63. The number of aryl methyl sites for hydroxylation is 1. The first-order valence-corrected chi connectivity index (χ1v) is 8.56. The highest BCUT2D eigenvalue weighted by Crippen LogP contribution is 2.30. The van der Waals surface area contributed by atoms with Crippen molar-refractivity contribution in [3.63, 3.8) is 0 Å². The monoisotopic (exact) mass is 289 g/mol. The maximum absolute atomic E-state index is 6.51. The molecule has 1 aliphatic carbocycles. The molecular formula is C19H31NO. The van der Waals surface area contributed by atoms with E-state index < -0.39 is 0 Å². The van der Waals surface area contributed by atoms with Gasteiger partial charge < -0.3 is 10.1 Å². The first kappa shape index (κ1) is 16.4. The Morgan fingerprint density at radius 3 is 2.48 bits per heavy atom. The molecule has 118 valence electrons. The fourth-order valence-electron chi connectivity index (χ4n) is 3.31. The summed E-state index contributed by atoms with van der Waals surface area (Å²) in [5.41, 5.74) is 2.61. The summed E-state index contributed by atoms with van der Waals surface area (Å²) in [5, 5.41) is 3.48. The van der Waals surface area contributed by atoms with E-state index in [2.05, 4.69) is 51.3 Å². The molecule has 0 spiro atoms. The molecule has 2 heteroatoms. The fourth-order valence-corrected chi connectivity index (χ4v) is 3.31. The molecule has 0 heterocycles. The highest BCUT2D eigenvalue weighted by atomic mass is 16.5. The second-order valence-corrected chi connectivity index (χ2v) is 6.74. The minimum absolute atomic E-state index is 0.301. The van der Waals surface area contributed by atoms with Crippen LogP contribution in [-0.2, 0) is 0 Å². The summed E-state index contributed by atoms with van der Waals surface area (Å²) < 4.78 is 6.51. The van der Waals surface area contributed by atoms with Crippen molar-refractivity contribution in [2.24, 2.45) is 0 Å². The molecule has 0 aromatic heterocycles. The third kappa shape index (κ3) is 4.47. The number of likely N-dealkylation sites (N-methyl/N-ethyl adjacent to an activating group) is 1. The summed E-state index contributed by atoms with van der Waals surface area (Å²) in [6.07, 6.45) is 8.01. The Balaban J connectivity index is 2.19. The van der Waals surface area contributed by atoms with Crippen LogP contribution in [0.2, 0.25) is 0 Å². The van der Waals surface area contributed by atoms with Gasteiger partial charge in [0.05, 0.1) is 0 Å². The van der Waals surface area contributed by atoms with E-state index >= 15 is 0 Å². The molecule has 1 saturated carbocycles. The van der Waals surface area contributed by atoms with Gasteiger partial charge in [-0.25, -0.2) is 0 Å². The Labute approximate surface area is 130 Å². The van der Waals surface area contributed by atoms with Gasteiger partial charge in [-0.05, 0) is 56.3 Å². The van der Waals surface area contributed by atoms with Crippen LogP contribution in [0.5, 0.6) is 5.75 Å². The molecule has 2 atom stereocenters. The number of benzene rings is 1. The van der Waals surface area contributed by atoms with Gasteiger partial charge in [0.25, 0.3) is 0 Å². The zero-order valence-electron chi connectivity index (χ0n) is 14.1. The summed E-state index contributed by atoms with van der Waals surface area (Å²) in [5.74, 6) is 1.60. The molecule has 1 aliphatic rings. The van der Waals surface area contributed by atoms with Gasteiger partial charge in [0, 0.05) is 6.04 Å². The predicted octanol–water partition coefficient (Wildman–Crippen LogP) is 4.81. The van der Waals surface area contributed by atoms with Crippen molar-refractivity contribution in [2.45, 2.75) is 77.4 Å². The molecule has 21 heavy (non-hydrogen) atoms. The normalized spacial score (nSPS) is 23.7. The van der Waals surface area contributed by atoms with E-state index in [4.69, 9.17) is 4.74 Å². The van der Waals surface area contributed by atoms with Gasteiger partial charge in [0.1, 0.15) is 11.9 Å². The molecule has 0 aliphatic heterocycles. The lowest BCUT2D eigenvalue weighted by Gasteiger charge is -2.31. The molecule has 1 N–H and O–H groups in total. The molecule has 0 saturated heterocycles. The Morgan fingerprint density at radius 2 is 1.81 bits per heavy atom. The molecule has 2 nitrogen and oxygen atoms in total. The van der Waals surface area contributed by atoms with Crippen molar-refractivity contribution >= 4 is 0 Å². The highest BCUT2D eigenvalue weighted by Gasteiger charge is 2.24. The third-order valence-electron chi connectivity index (χ3n) is 4.64. The van der Waals surface area contributed by atoms with Crippen LogP contribution in [0.4, 0.5) is 0 Å². The molecule has 2 unspecified atom stereocenters. The van der Waals surface area contributed by atoms with Crippen LogP contribution >= 0.6 is 0 Å². The van der Waals surface area contributed by atoms with Crippen LogP contribution < -0.4 is 10.1 Å². The van der Waals surface area contributed by atoms with Gasteiger partial charge in [0.2, 0.25) is 0 Å². The van der Waals surface area contributed by atoms with E-state index in [1.54, 1.807) is 0 Å². The lowest BCUT2D eigenvalue weighted by molar-refractivity contribution is 0.129. The van der Waals surface area contributed by atoms with Crippen molar-refractivity contribution in [3.05, 3.63) is 29.3 Å². The van der Waals surface area contributed by atoms with Gasteiger partial charge in [-0.1, -0.05) is 45.2 Å². The first-order valence-electron chi connectivity index (χ1n) is 8.56. The Kier molecular flexibility index (Phi) is 6.10. The molecule has 0 radical (unpaired) electrons. The summed E-state index contributed by atoms with van der Waals surface area (Å²) in [7, 11) is 2.07. The van der Waals surface area contributed by atoms with Crippen molar-refractivity contribution in [3.8, 4) is 5.75 Å². The quantitative estimate of drug-likeness (QED) is 0.859. The van der Waals surface area contributed by atoms with Crippen LogP contribution in [0, 0.1) is 6.92 Å². The van der Waals surface area contributed by atoms with Crippen molar-refractivity contribution in [1.82, 2.24) is 5.32 Å². The van der Waals surface area contributed by atoms with Crippen LogP contribution in [0.25, 0.3) is 0 Å². The third-order valence-corrected chi connectivity index (χ3v) is 4.64. The van der Waals surface area contributed by atoms with E-state index in [0.29, 0.717) is 18.1 Å². The van der Waals surface area contributed by atoms with Crippen LogP contribution in [0.1, 0.15) is 69.4 Å². The maximum Gasteiger partial charge on any atom is 0.123 e. The predicted molar refractivity (Wildman–Crippen MR) is 90.2 cm³/mol. The molecule has 0 amide bonds. The van der Waals surface area contributed by atoms with E-state index in [9.17, 15) is 0 Å². The lowest BCUT2D eigenvalue weighted by atomic mass is 9.93. The number of nitrogens with one attached hydrogen (secondary N) is 1. The van der Waals surface area contributed by atoms with Crippen molar-refractivity contribution < 1.29 is 4.74 Å². The summed E-state index contributed by atoms with van der Waals surface area (Å²) in [4.78, 5) is 0. The minimum atomic E-state index is 0.301. The Bertz CT molecular complexity index is 441. The second kappa shape index (κ2) is 7.84. The standard InChI is InChI=1S/C19H31NO/c1-14(2)16-12-11-15(3)13-19(16)21-18-10-8-6-5-7-9-17(18)20-4/h11-14,17-18,20H,5-10H2,1-4H3. The second-order valence-electron chi connectivity index (χ2n) is 6.74. The van der Waals surface area contributed by atoms with Gasteiger partial charge in [-0.2, -0.15) is 0 Å². The minimum Gasteiger partial charge on any atom is -0.489 e. The molecule has 1 fully saturated rings. The van der Waals surface area contributed by atoms with Crippen LogP contribution in [-0.4, -0.2) is 19.2 Å². The largest absolute Gasteiger partial charge is 0.489 e. The van der Waals surface area contributed by atoms with Gasteiger partial charge in [-0.15, -0.1) is 0 Å². The molecule has 0 bridgehead atoms. The lowest BCUT2D eigenvalue weighted by Crippen LogP contribution is -2.42. The first-order chi connectivity index (χ1) is 10.1. The molecule has 1 aromatic rings. The van der Waals surface area contributed by atoms with Gasteiger partial charge in [-0.3, -0.25) is 0 Å². The maximum atomic E-state index is 6.51. The Morgan fingerprint density at radius 1 is 1.10 bits per heavy atom. The summed E-state index contributed by atoms with van der Waals surface area (Å²) >= 11 is 0. The van der Waals surface area contributed by atoms with Crippen LogP contribution in [0.15, 0.2) is 18.2 Å². The van der Waals surface area contributed by atoms with Gasteiger partial charge in [0.15, 0.2) is 0 Å². The average molecular weight is 289 g/mol. The highest BCUT2D eigenvalue weighted by molar-refractivity contribution is 5.39. The number of hydrogen-bond acceptors (Lipinski definition) is 2. The summed E-state index contributed by atoms with van der Waals surface area (Å²) in [6, 6.07) is 7.11. The Hall–Kier alpha value is -1.02. The fraction of sp³-hybridized carbons (Fsp3) is 0.684. The zero-order valence-corrected chi connectivity index (χ0v) is 14.1. The van der Waals surface area contributed by atoms with Crippen molar-refractivity contribution in [1.29, 1.82) is 0 Å². The molecule has 1 aromatic carbocycles. The van der Waals surface area contributed by atoms with Crippen molar-refractivity contribution in [2.75, 3.05) is 7.05 Å². The van der Waals surface area contributed by atoms with E-state index in [0.717, 1.165) is 12.2 Å². The molecule has 2 rings (SSSR count). The zero-order chi connectivity index (χ0) is 15.2. The topological polar surface area (TPSA) is 21.3 Å². The number of ether oxygens (including phenoxy) is 1. The van der Waals surface area contributed by atoms with E-state index in [-0.39, 0.29) is 0 Å². The SMILES string of the molecule is CNC1CCCCCCC1Oc1cc(C)ccc1C(C)C. The van der Waals surface area contributed by atoms with E-state index in [1.807, 2.05) is 0 Å². The average Bonchev–Trinajstić information content (AvgIpc) is 2.42. The number of hydrogen-bond donors (Lipinski definition) is 1. The van der Waals surface area contributed by atoms with E-state index in [1.165, 1.54) is 43.2 Å².